The zero-order chi connectivity index (χ0) is 21.2. The first-order valence-corrected chi connectivity index (χ1v) is 11.6. The molecule has 1 aliphatic heterocycles. The quantitative estimate of drug-likeness (QED) is 0.423. The summed E-state index contributed by atoms with van der Waals surface area (Å²) in [4.78, 5) is 8.66. The second kappa shape index (κ2) is 12.1. The SMILES string of the molecule is C=C(/N=C(\N)SCC(CC)CCCC)Nc1ccc(N2CCN(C)CC2)c(F)c1. The minimum atomic E-state index is -0.236. The zero-order valence-corrected chi connectivity index (χ0v) is 18.9. The zero-order valence-electron chi connectivity index (χ0n) is 18.1. The van der Waals surface area contributed by atoms with Crippen LogP contribution in [0.3, 0.4) is 0 Å². The highest BCUT2D eigenvalue weighted by atomic mass is 32.2. The molecule has 5 nitrogen and oxygen atoms in total. The topological polar surface area (TPSA) is 56.9 Å². The number of piperazine rings is 1. The van der Waals surface area contributed by atoms with Gasteiger partial charge in [-0.05, 0) is 37.6 Å². The number of nitrogens with one attached hydrogen (secondary N) is 1. The van der Waals surface area contributed by atoms with Gasteiger partial charge < -0.3 is 20.9 Å². The summed E-state index contributed by atoms with van der Waals surface area (Å²) >= 11 is 1.57. The maximum atomic E-state index is 14.6. The van der Waals surface area contributed by atoms with Crippen molar-refractivity contribution in [2.24, 2.45) is 16.6 Å². The molecular formula is C22H36FN5S. The Bertz CT molecular complexity index is 686. The van der Waals surface area contributed by atoms with E-state index in [2.05, 4.69) is 47.6 Å². The van der Waals surface area contributed by atoms with E-state index in [9.17, 15) is 4.39 Å². The van der Waals surface area contributed by atoms with E-state index in [0.29, 0.717) is 28.3 Å². The molecule has 0 saturated carbocycles. The van der Waals surface area contributed by atoms with Crippen LogP contribution in [-0.2, 0) is 0 Å². The minimum absolute atomic E-state index is 0.236. The second-order valence-electron chi connectivity index (χ2n) is 7.71. The van der Waals surface area contributed by atoms with Gasteiger partial charge in [-0.25, -0.2) is 9.38 Å². The van der Waals surface area contributed by atoms with Gasteiger partial charge in [0.15, 0.2) is 5.17 Å². The predicted octanol–water partition coefficient (Wildman–Crippen LogP) is 4.72. The van der Waals surface area contributed by atoms with Crippen LogP contribution in [0.5, 0.6) is 0 Å². The number of likely N-dealkylation sites (N-methyl/N-ethyl adjacent to an activating group) is 1. The Morgan fingerprint density at radius 2 is 2.03 bits per heavy atom. The Hall–Kier alpha value is -1.73. The number of benzene rings is 1. The van der Waals surface area contributed by atoms with Crippen LogP contribution in [0.2, 0.25) is 0 Å². The van der Waals surface area contributed by atoms with Gasteiger partial charge in [0.25, 0.3) is 0 Å². The van der Waals surface area contributed by atoms with E-state index < -0.39 is 0 Å². The van der Waals surface area contributed by atoms with Crippen LogP contribution < -0.4 is 16.0 Å². The first-order chi connectivity index (χ1) is 13.9. The van der Waals surface area contributed by atoms with Crippen molar-refractivity contribution in [3.63, 3.8) is 0 Å². The third-order valence-corrected chi connectivity index (χ3v) is 6.36. The summed E-state index contributed by atoms with van der Waals surface area (Å²) < 4.78 is 14.6. The van der Waals surface area contributed by atoms with E-state index in [-0.39, 0.29) is 5.82 Å². The normalized spacial score (nSPS) is 16.7. The first-order valence-electron chi connectivity index (χ1n) is 10.6. The molecule has 0 amide bonds. The van der Waals surface area contributed by atoms with Crippen molar-refractivity contribution >= 4 is 28.3 Å². The van der Waals surface area contributed by atoms with Crippen LogP contribution in [0.4, 0.5) is 15.8 Å². The van der Waals surface area contributed by atoms with Crippen LogP contribution in [-0.4, -0.2) is 49.0 Å². The van der Waals surface area contributed by atoms with Gasteiger partial charge in [-0.3, -0.25) is 0 Å². The molecule has 0 radical (unpaired) electrons. The maximum Gasteiger partial charge on any atom is 0.160 e. The lowest BCUT2D eigenvalue weighted by Crippen LogP contribution is -2.44. The third kappa shape index (κ3) is 7.90. The molecule has 1 aromatic carbocycles. The van der Waals surface area contributed by atoms with E-state index in [1.165, 1.54) is 25.3 Å². The lowest BCUT2D eigenvalue weighted by atomic mass is 10.0. The predicted molar refractivity (Wildman–Crippen MR) is 126 cm³/mol. The van der Waals surface area contributed by atoms with Crippen molar-refractivity contribution in [3.05, 3.63) is 36.4 Å². The van der Waals surface area contributed by atoms with Gasteiger partial charge in [-0.2, -0.15) is 0 Å². The number of anilines is 2. The van der Waals surface area contributed by atoms with Crippen molar-refractivity contribution in [1.82, 2.24) is 4.90 Å². The molecular weight excluding hydrogens is 385 g/mol. The molecule has 1 unspecified atom stereocenters. The standard InChI is InChI=1S/C22H36FN5S/c1-5-7-8-18(6-2)16-29-22(24)26-17(3)25-19-9-10-21(20(23)15-19)28-13-11-27(4)12-14-28/h9-10,15,18,25H,3,5-8,11-14,16H2,1-2,4H3,(H2,24,26). The number of hydrogen-bond donors (Lipinski definition) is 2. The Kier molecular flexibility index (Phi) is 9.81. The lowest BCUT2D eigenvalue weighted by Gasteiger charge is -2.34. The van der Waals surface area contributed by atoms with Crippen molar-refractivity contribution in [2.75, 3.05) is 49.2 Å². The van der Waals surface area contributed by atoms with Crippen LogP contribution in [0.15, 0.2) is 35.6 Å². The van der Waals surface area contributed by atoms with Crippen molar-refractivity contribution in [1.29, 1.82) is 0 Å². The summed E-state index contributed by atoms with van der Waals surface area (Å²) in [5, 5.41) is 3.54. The average Bonchev–Trinajstić information content (AvgIpc) is 2.69. The number of amidine groups is 1. The maximum absolute atomic E-state index is 14.6. The second-order valence-corrected chi connectivity index (χ2v) is 8.75. The minimum Gasteiger partial charge on any atom is -0.378 e. The summed E-state index contributed by atoms with van der Waals surface area (Å²) in [6.07, 6.45) is 4.85. The van der Waals surface area contributed by atoms with Crippen molar-refractivity contribution in [3.8, 4) is 0 Å². The number of nitrogens with zero attached hydrogens (tertiary/aromatic N) is 3. The summed E-state index contributed by atoms with van der Waals surface area (Å²) in [6.45, 7) is 11.9. The van der Waals surface area contributed by atoms with E-state index >= 15 is 0 Å². The summed E-state index contributed by atoms with van der Waals surface area (Å²) in [5.41, 5.74) is 7.32. The highest BCUT2D eigenvalue weighted by Crippen LogP contribution is 2.25. The lowest BCUT2D eigenvalue weighted by molar-refractivity contribution is 0.311. The monoisotopic (exact) mass is 421 g/mol. The molecule has 7 heteroatoms. The van der Waals surface area contributed by atoms with Gasteiger partial charge in [-0.1, -0.05) is 51.5 Å². The Balaban J connectivity index is 1.87. The van der Waals surface area contributed by atoms with Gasteiger partial charge in [0.2, 0.25) is 0 Å². The molecule has 1 aliphatic rings. The number of hydrogen-bond acceptors (Lipinski definition) is 5. The van der Waals surface area contributed by atoms with Crippen LogP contribution in [0.25, 0.3) is 0 Å². The van der Waals surface area contributed by atoms with Gasteiger partial charge in [-0.15, -0.1) is 0 Å². The molecule has 2 rings (SSSR count). The van der Waals surface area contributed by atoms with E-state index in [1.807, 2.05) is 12.1 Å². The molecule has 0 spiro atoms. The van der Waals surface area contributed by atoms with E-state index in [4.69, 9.17) is 5.73 Å². The number of halogens is 1. The first kappa shape index (κ1) is 23.5. The molecule has 1 saturated heterocycles. The Morgan fingerprint density at radius 3 is 2.66 bits per heavy atom. The average molecular weight is 422 g/mol. The molecule has 0 aromatic heterocycles. The Morgan fingerprint density at radius 1 is 1.31 bits per heavy atom. The fourth-order valence-electron chi connectivity index (χ4n) is 3.35. The number of unbranched alkanes of at least 4 members (excludes halogenated alkanes) is 1. The number of thioether (sulfide) groups is 1. The molecule has 0 aliphatic carbocycles. The summed E-state index contributed by atoms with van der Waals surface area (Å²) in [6, 6.07) is 5.17. The molecule has 3 N–H and O–H groups in total. The van der Waals surface area contributed by atoms with Crippen LogP contribution in [0.1, 0.15) is 39.5 Å². The number of aliphatic imine (C=N–C) groups is 1. The third-order valence-electron chi connectivity index (χ3n) is 5.34. The van der Waals surface area contributed by atoms with Gasteiger partial charge in [0, 0.05) is 37.6 Å². The number of rotatable bonds is 10. The van der Waals surface area contributed by atoms with Crippen LogP contribution >= 0.6 is 11.8 Å². The molecule has 162 valence electrons. The van der Waals surface area contributed by atoms with Crippen molar-refractivity contribution < 1.29 is 4.39 Å². The largest absolute Gasteiger partial charge is 0.378 e. The van der Waals surface area contributed by atoms with E-state index in [1.54, 1.807) is 11.8 Å². The molecule has 1 atom stereocenters. The summed E-state index contributed by atoms with van der Waals surface area (Å²) in [7, 11) is 2.09. The van der Waals surface area contributed by atoms with Crippen LogP contribution in [0, 0.1) is 11.7 Å². The summed E-state index contributed by atoms with van der Waals surface area (Å²) in [5.74, 6) is 1.81. The molecule has 1 aromatic rings. The highest BCUT2D eigenvalue weighted by Gasteiger charge is 2.17. The fraction of sp³-hybridized carbons (Fsp3) is 0.591. The highest BCUT2D eigenvalue weighted by molar-refractivity contribution is 8.13. The number of nitrogens with two attached hydrogens (primary N) is 1. The van der Waals surface area contributed by atoms with Crippen molar-refractivity contribution in [2.45, 2.75) is 39.5 Å². The molecule has 1 fully saturated rings. The molecule has 0 bridgehead atoms. The Labute approximate surface area is 179 Å². The van der Waals surface area contributed by atoms with Gasteiger partial charge in [0.05, 0.1) is 5.69 Å². The smallest absolute Gasteiger partial charge is 0.160 e. The van der Waals surface area contributed by atoms with Gasteiger partial charge in [0.1, 0.15) is 11.6 Å². The molecule has 1 heterocycles. The van der Waals surface area contributed by atoms with Gasteiger partial charge >= 0.3 is 0 Å². The fourth-order valence-corrected chi connectivity index (χ4v) is 4.33. The molecule has 29 heavy (non-hydrogen) atoms. The van der Waals surface area contributed by atoms with E-state index in [0.717, 1.165) is 38.4 Å².